The van der Waals surface area contributed by atoms with Crippen molar-refractivity contribution in [3.8, 4) is 5.75 Å². The molecule has 0 unspecified atom stereocenters. The Kier molecular flexibility index (Phi) is 2.53. The minimum Gasteiger partial charge on any atom is -0.493 e. The fourth-order valence-corrected chi connectivity index (χ4v) is 1.31. The van der Waals surface area contributed by atoms with Crippen molar-refractivity contribution < 1.29 is 14.3 Å². The second-order valence-corrected chi connectivity index (χ2v) is 3.41. The Hall–Kier alpha value is -1.65. The van der Waals surface area contributed by atoms with Crippen LogP contribution in [0.3, 0.4) is 0 Å². The number of carbonyl (C=O) groups excluding carboxylic acids is 1. The smallest absolute Gasteiger partial charge is 0.360 e. The number of hydrogen-bond donors (Lipinski definition) is 0. The summed E-state index contributed by atoms with van der Waals surface area (Å²) in [6.45, 7) is 0. The second-order valence-electron chi connectivity index (χ2n) is 3.41. The summed E-state index contributed by atoms with van der Waals surface area (Å²) in [5.74, 6) is 0.970. The summed E-state index contributed by atoms with van der Waals surface area (Å²) in [6, 6.07) is 0. The molecular formula is C10H12N2O3. The first-order valence-corrected chi connectivity index (χ1v) is 4.75. The third kappa shape index (κ3) is 1.91. The molecule has 5 nitrogen and oxygen atoms in total. The van der Waals surface area contributed by atoms with Crippen LogP contribution < -0.4 is 4.74 Å². The lowest BCUT2D eigenvalue weighted by Gasteiger charge is -2.06. The van der Waals surface area contributed by atoms with E-state index in [1.165, 1.54) is 20.4 Å². The fourth-order valence-electron chi connectivity index (χ4n) is 1.31. The highest BCUT2D eigenvalue weighted by atomic mass is 16.5. The standard InChI is InChI=1S/C10H12N2O3/c1-14-7-5-11-9(6-3-4-6)12-8(7)10(13)15-2/h5-6H,3-4H2,1-2H3. The average molecular weight is 208 g/mol. The van der Waals surface area contributed by atoms with Crippen molar-refractivity contribution in [2.24, 2.45) is 0 Å². The zero-order chi connectivity index (χ0) is 10.8. The van der Waals surface area contributed by atoms with E-state index in [1.54, 1.807) is 0 Å². The van der Waals surface area contributed by atoms with Crippen LogP contribution in [0, 0.1) is 0 Å². The van der Waals surface area contributed by atoms with Gasteiger partial charge < -0.3 is 9.47 Å². The van der Waals surface area contributed by atoms with E-state index in [9.17, 15) is 4.79 Å². The van der Waals surface area contributed by atoms with E-state index in [1.807, 2.05) is 0 Å². The van der Waals surface area contributed by atoms with Crippen molar-refractivity contribution >= 4 is 5.97 Å². The fraction of sp³-hybridized carbons (Fsp3) is 0.500. The number of methoxy groups -OCH3 is 2. The molecule has 1 aliphatic rings. The molecule has 0 atom stereocenters. The van der Waals surface area contributed by atoms with Crippen LogP contribution in [-0.2, 0) is 4.74 Å². The Balaban J connectivity index is 2.37. The third-order valence-corrected chi connectivity index (χ3v) is 2.31. The molecule has 80 valence electrons. The Labute approximate surface area is 87.4 Å². The van der Waals surface area contributed by atoms with Gasteiger partial charge in [0.1, 0.15) is 5.82 Å². The molecule has 1 aliphatic carbocycles. The highest BCUT2D eigenvalue weighted by Crippen LogP contribution is 2.38. The van der Waals surface area contributed by atoms with E-state index in [0.717, 1.165) is 12.8 Å². The molecule has 0 aliphatic heterocycles. The van der Waals surface area contributed by atoms with Gasteiger partial charge in [0, 0.05) is 5.92 Å². The normalized spacial score (nSPS) is 14.8. The summed E-state index contributed by atoms with van der Waals surface area (Å²) in [5.41, 5.74) is 0.205. The second kappa shape index (κ2) is 3.84. The number of aromatic nitrogens is 2. The summed E-state index contributed by atoms with van der Waals surface area (Å²) in [4.78, 5) is 19.7. The van der Waals surface area contributed by atoms with Crippen LogP contribution in [0.5, 0.6) is 5.75 Å². The number of rotatable bonds is 3. The van der Waals surface area contributed by atoms with Crippen LogP contribution in [-0.4, -0.2) is 30.2 Å². The zero-order valence-electron chi connectivity index (χ0n) is 8.69. The molecule has 2 rings (SSSR count). The van der Waals surface area contributed by atoms with Crippen LogP contribution in [0.15, 0.2) is 6.20 Å². The molecule has 1 aromatic rings. The van der Waals surface area contributed by atoms with E-state index in [4.69, 9.17) is 4.74 Å². The first kappa shape index (κ1) is 9.89. The molecular weight excluding hydrogens is 196 g/mol. The number of hydrogen-bond acceptors (Lipinski definition) is 5. The molecule has 1 aromatic heterocycles. The van der Waals surface area contributed by atoms with Gasteiger partial charge in [0.05, 0.1) is 20.4 Å². The summed E-state index contributed by atoms with van der Waals surface area (Å²) >= 11 is 0. The topological polar surface area (TPSA) is 61.3 Å². The van der Waals surface area contributed by atoms with Crippen LogP contribution in [0.1, 0.15) is 35.1 Å². The SMILES string of the molecule is COC(=O)c1nc(C2CC2)ncc1OC. The van der Waals surface area contributed by atoms with Crippen LogP contribution in [0.25, 0.3) is 0 Å². The van der Waals surface area contributed by atoms with Crippen molar-refractivity contribution in [3.63, 3.8) is 0 Å². The lowest BCUT2D eigenvalue weighted by atomic mass is 10.3. The van der Waals surface area contributed by atoms with Gasteiger partial charge in [0.2, 0.25) is 0 Å². The largest absolute Gasteiger partial charge is 0.493 e. The van der Waals surface area contributed by atoms with E-state index in [0.29, 0.717) is 17.5 Å². The molecule has 5 heteroatoms. The highest BCUT2D eigenvalue weighted by Gasteiger charge is 2.28. The molecule has 0 aromatic carbocycles. The van der Waals surface area contributed by atoms with E-state index < -0.39 is 5.97 Å². The molecule has 0 amide bonds. The van der Waals surface area contributed by atoms with Crippen molar-refractivity contribution in [2.45, 2.75) is 18.8 Å². The van der Waals surface area contributed by atoms with E-state index in [-0.39, 0.29) is 5.69 Å². The Morgan fingerprint density at radius 1 is 1.47 bits per heavy atom. The first-order valence-electron chi connectivity index (χ1n) is 4.75. The lowest BCUT2D eigenvalue weighted by molar-refractivity contribution is 0.0589. The molecule has 1 fully saturated rings. The van der Waals surface area contributed by atoms with Crippen molar-refractivity contribution in [2.75, 3.05) is 14.2 Å². The molecule has 15 heavy (non-hydrogen) atoms. The number of esters is 1. The summed E-state index contributed by atoms with van der Waals surface area (Å²) < 4.78 is 9.62. The maximum atomic E-state index is 11.4. The number of ether oxygens (including phenoxy) is 2. The number of carbonyl (C=O) groups is 1. The quantitative estimate of drug-likeness (QED) is 0.697. The minimum atomic E-state index is -0.490. The maximum absolute atomic E-state index is 11.4. The Morgan fingerprint density at radius 2 is 2.20 bits per heavy atom. The predicted octanol–water partition coefficient (Wildman–Crippen LogP) is 1.15. The van der Waals surface area contributed by atoms with Crippen LogP contribution in [0.4, 0.5) is 0 Å². The Morgan fingerprint density at radius 3 is 2.73 bits per heavy atom. The van der Waals surface area contributed by atoms with Crippen molar-refractivity contribution in [3.05, 3.63) is 17.7 Å². The van der Waals surface area contributed by atoms with Gasteiger partial charge in [-0.3, -0.25) is 0 Å². The first-order chi connectivity index (χ1) is 7.26. The van der Waals surface area contributed by atoms with Crippen molar-refractivity contribution in [1.82, 2.24) is 9.97 Å². The van der Waals surface area contributed by atoms with Gasteiger partial charge in [-0.25, -0.2) is 14.8 Å². The summed E-state index contributed by atoms with van der Waals surface area (Å²) in [6.07, 6.45) is 3.70. The molecule has 0 bridgehead atoms. The summed E-state index contributed by atoms with van der Waals surface area (Å²) in [7, 11) is 2.79. The molecule has 0 radical (unpaired) electrons. The lowest BCUT2D eigenvalue weighted by Crippen LogP contribution is -2.09. The monoisotopic (exact) mass is 208 g/mol. The minimum absolute atomic E-state index is 0.205. The predicted molar refractivity (Wildman–Crippen MR) is 51.9 cm³/mol. The molecule has 0 spiro atoms. The van der Waals surface area contributed by atoms with Gasteiger partial charge in [-0.1, -0.05) is 0 Å². The number of nitrogens with zero attached hydrogens (tertiary/aromatic N) is 2. The van der Waals surface area contributed by atoms with Gasteiger partial charge in [0.15, 0.2) is 11.4 Å². The molecule has 1 saturated carbocycles. The zero-order valence-corrected chi connectivity index (χ0v) is 8.69. The highest BCUT2D eigenvalue weighted by molar-refractivity contribution is 5.90. The Bertz CT molecular complexity index is 388. The van der Waals surface area contributed by atoms with Gasteiger partial charge >= 0.3 is 5.97 Å². The summed E-state index contributed by atoms with van der Waals surface area (Å²) in [5, 5.41) is 0. The van der Waals surface area contributed by atoms with E-state index in [2.05, 4.69) is 14.7 Å². The van der Waals surface area contributed by atoms with Gasteiger partial charge in [-0.15, -0.1) is 0 Å². The van der Waals surface area contributed by atoms with Crippen molar-refractivity contribution in [1.29, 1.82) is 0 Å². The maximum Gasteiger partial charge on any atom is 0.360 e. The van der Waals surface area contributed by atoms with Gasteiger partial charge in [-0.2, -0.15) is 0 Å². The van der Waals surface area contributed by atoms with Crippen LogP contribution >= 0.6 is 0 Å². The van der Waals surface area contributed by atoms with Gasteiger partial charge in [-0.05, 0) is 12.8 Å². The third-order valence-electron chi connectivity index (χ3n) is 2.31. The van der Waals surface area contributed by atoms with Gasteiger partial charge in [0.25, 0.3) is 0 Å². The van der Waals surface area contributed by atoms with Crippen LogP contribution in [0.2, 0.25) is 0 Å². The van der Waals surface area contributed by atoms with E-state index >= 15 is 0 Å². The molecule has 0 N–H and O–H groups in total. The average Bonchev–Trinajstić information content (AvgIpc) is 3.11. The molecule has 1 heterocycles. The molecule has 0 saturated heterocycles.